The first-order valence-corrected chi connectivity index (χ1v) is 7.36. The average molecular weight is 269 g/mol. The smallest absolute Gasteiger partial charge is 0.307 e. The van der Waals surface area contributed by atoms with Crippen LogP contribution in [0.2, 0.25) is 0 Å². The van der Waals surface area contributed by atoms with E-state index in [1.165, 1.54) is 4.31 Å². The van der Waals surface area contributed by atoms with Crippen molar-refractivity contribution in [1.82, 2.24) is 4.31 Å². The van der Waals surface area contributed by atoms with Crippen molar-refractivity contribution in [3.05, 3.63) is 35.4 Å². The zero-order chi connectivity index (χ0) is 13.2. The Morgan fingerprint density at radius 3 is 2.50 bits per heavy atom. The van der Waals surface area contributed by atoms with Gasteiger partial charge < -0.3 is 5.11 Å². The molecule has 0 aromatic heterocycles. The van der Waals surface area contributed by atoms with Crippen molar-refractivity contribution in [1.29, 1.82) is 0 Å². The van der Waals surface area contributed by atoms with Crippen LogP contribution in [0, 0.1) is 0 Å². The third kappa shape index (κ3) is 2.88. The van der Waals surface area contributed by atoms with Crippen LogP contribution >= 0.6 is 0 Å². The van der Waals surface area contributed by atoms with Crippen LogP contribution in [0.15, 0.2) is 24.3 Å². The molecule has 1 heterocycles. The molecule has 1 aromatic rings. The van der Waals surface area contributed by atoms with Gasteiger partial charge in [-0.3, -0.25) is 4.79 Å². The minimum Gasteiger partial charge on any atom is -0.481 e. The normalized spacial score (nSPS) is 18.9. The van der Waals surface area contributed by atoms with Crippen LogP contribution in [0.4, 0.5) is 0 Å². The number of carboxylic acid groups (broad SMARTS) is 1. The van der Waals surface area contributed by atoms with Crippen LogP contribution in [0.1, 0.15) is 17.5 Å². The van der Waals surface area contributed by atoms with E-state index in [9.17, 15) is 13.2 Å². The maximum atomic E-state index is 11.7. The molecule has 0 amide bonds. The van der Waals surface area contributed by atoms with Crippen molar-refractivity contribution in [3.63, 3.8) is 0 Å². The summed E-state index contributed by atoms with van der Waals surface area (Å²) in [6.07, 6.45) is 0.563. The predicted molar refractivity (Wildman–Crippen MR) is 66.6 cm³/mol. The summed E-state index contributed by atoms with van der Waals surface area (Å²) >= 11 is 0. The molecule has 0 aliphatic carbocycles. The number of carboxylic acids is 1. The minimum atomic E-state index is -3.14. The first kappa shape index (κ1) is 13.0. The van der Waals surface area contributed by atoms with E-state index in [0.29, 0.717) is 18.5 Å². The fourth-order valence-corrected chi connectivity index (χ4v) is 3.60. The molecule has 18 heavy (non-hydrogen) atoms. The largest absolute Gasteiger partial charge is 0.481 e. The van der Waals surface area contributed by atoms with Gasteiger partial charge in [-0.2, -0.15) is 4.31 Å². The van der Waals surface area contributed by atoms with E-state index in [-0.39, 0.29) is 18.7 Å². The SMILES string of the molecule is O=C(O)Cc1ccccc1CN1CCCS1(=O)=O. The van der Waals surface area contributed by atoms with Gasteiger partial charge in [-0.1, -0.05) is 24.3 Å². The lowest BCUT2D eigenvalue weighted by atomic mass is 10.0. The molecule has 1 N–H and O–H groups in total. The molecule has 0 atom stereocenters. The van der Waals surface area contributed by atoms with Gasteiger partial charge in [0, 0.05) is 13.1 Å². The van der Waals surface area contributed by atoms with Gasteiger partial charge in [0.2, 0.25) is 10.0 Å². The van der Waals surface area contributed by atoms with Gasteiger partial charge in [0.25, 0.3) is 0 Å². The second-order valence-electron chi connectivity index (χ2n) is 4.34. The van der Waals surface area contributed by atoms with E-state index in [1.54, 1.807) is 24.3 Å². The molecule has 0 unspecified atom stereocenters. The Bertz CT molecular complexity index is 553. The zero-order valence-electron chi connectivity index (χ0n) is 9.87. The summed E-state index contributed by atoms with van der Waals surface area (Å²) in [4.78, 5) is 10.8. The Labute approximate surface area is 106 Å². The summed E-state index contributed by atoms with van der Waals surface area (Å²) < 4.78 is 24.8. The minimum absolute atomic E-state index is 0.0793. The second-order valence-corrected chi connectivity index (χ2v) is 6.43. The standard InChI is InChI=1S/C12H15NO4S/c14-12(15)8-10-4-1-2-5-11(10)9-13-6-3-7-18(13,16)17/h1-2,4-5H,3,6-9H2,(H,14,15). The Morgan fingerprint density at radius 2 is 1.94 bits per heavy atom. The number of rotatable bonds is 4. The first-order valence-electron chi connectivity index (χ1n) is 5.75. The lowest BCUT2D eigenvalue weighted by molar-refractivity contribution is -0.136. The van der Waals surface area contributed by atoms with Gasteiger partial charge in [0.05, 0.1) is 12.2 Å². The van der Waals surface area contributed by atoms with Crippen LogP contribution in [0.25, 0.3) is 0 Å². The molecule has 0 spiro atoms. The maximum Gasteiger partial charge on any atom is 0.307 e. The molecule has 1 aliphatic rings. The molecular formula is C12H15NO4S. The van der Waals surface area contributed by atoms with E-state index < -0.39 is 16.0 Å². The molecule has 98 valence electrons. The van der Waals surface area contributed by atoms with Crippen LogP contribution < -0.4 is 0 Å². The number of carbonyl (C=O) groups is 1. The lowest BCUT2D eigenvalue weighted by Crippen LogP contribution is -2.25. The van der Waals surface area contributed by atoms with Crippen LogP contribution in [-0.2, 0) is 27.8 Å². The molecule has 2 rings (SSSR count). The maximum absolute atomic E-state index is 11.7. The van der Waals surface area contributed by atoms with Crippen molar-refractivity contribution >= 4 is 16.0 Å². The van der Waals surface area contributed by atoms with Crippen LogP contribution in [0.5, 0.6) is 0 Å². The number of hydrogen-bond donors (Lipinski definition) is 1. The summed E-state index contributed by atoms with van der Waals surface area (Å²) in [7, 11) is -3.14. The monoisotopic (exact) mass is 269 g/mol. The topological polar surface area (TPSA) is 74.7 Å². The van der Waals surface area contributed by atoms with Gasteiger partial charge in [-0.05, 0) is 17.5 Å². The molecule has 0 radical (unpaired) electrons. The molecule has 0 saturated carbocycles. The average Bonchev–Trinajstić information content (AvgIpc) is 2.60. The lowest BCUT2D eigenvalue weighted by Gasteiger charge is -2.16. The van der Waals surface area contributed by atoms with E-state index in [2.05, 4.69) is 0 Å². The Hall–Kier alpha value is -1.40. The highest BCUT2D eigenvalue weighted by atomic mass is 32.2. The van der Waals surface area contributed by atoms with Gasteiger partial charge >= 0.3 is 5.97 Å². The summed E-state index contributed by atoms with van der Waals surface area (Å²) in [5, 5.41) is 8.82. The van der Waals surface area contributed by atoms with E-state index in [4.69, 9.17) is 5.11 Å². The zero-order valence-corrected chi connectivity index (χ0v) is 10.7. The van der Waals surface area contributed by atoms with Gasteiger partial charge in [0.15, 0.2) is 0 Å². The van der Waals surface area contributed by atoms with Crippen LogP contribution in [-0.4, -0.2) is 36.1 Å². The molecule has 1 fully saturated rings. The van der Waals surface area contributed by atoms with Gasteiger partial charge in [-0.25, -0.2) is 8.42 Å². The van der Waals surface area contributed by atoms with Gasteiger partial charge in [-0.15, -0.1) is 0 Å². The molecule has 5 nitrogen and oxygen atoms in total. The van der Waals surface area contributed by atoms with Crippen molar-refractivity contribution < 1.29 is 18.3 Å². The van der Waals surface area contributed by atoms with E-state index in [1.807, 2.05) is 0 Å². The van der Waals surface area contributed by atoms with Crippen molar-refractivity contribution in [2.24, 2.45) is 0 Å². The van der Waals surface area contributed by atoms with Crippen molar-refractivity contribution in [3.8, 4) is 0 Å². The molecular weight excluding hydrogens is 254 g/mol. The molecule has 6 heteroatoms. The number of benzene rings is 1. The molecule has 1 aromatic carbocycles. The number of aliphatic carboxylic acids is 1. The number of nitrogens with zero attached hydrogens (tertiary/aromatic N) is 1. The third-order valence-corrected chi connectivity index (χ3v) is 4.91. The molecule has 0 bridgehead atoms. The quantitative estimate of drug-likeness (QED) is 0.879. The highest BCUT2D eigenvalue weighted by molar-refractivity contribution is 7.89. The van der Waals surface area contributed by atoms with Crippen molar-refractivity contribution in [2.45, 2.75) is 19.4 Å². The molecule has 1 saturated heterocycles. The summed E-state index contributed by atoms with van der Waals surface area (Å²) in [6.45, 7) is 0.787. The summed E-state index contributed by atoms with van der Waals surface area (Å²) in [6, 6.07) is 7.07. The Morgan fingerprint density at radius 1 is 1.28 bits per heavy atom. The fraction of sp³-hybridized carbons (Fsp3) is 0.417. The predicted octanol–water partition coefficient (Wildman–Crippen LogP) is 0.849. The van der Waals surface area contributed by atoms with Gasteiger partial charge in [0.1, 0.15) is 0 Å². The fourth-order valence-electron chi connectivity index (χ4n) is 2.11. The van der Waals surface area contributed by atoms with E-state index >= 15 is 0 Å². The third-order valence-electron chi connectivity index (χ3n) is 3.01. The highest BCUT2D eigenvalue weighted by Crippen LogP contribution is 2.19. The Kier molecular flexibility index (Phi) is 3.68. The Balaban J connectivity index is 2.21. The van der Waals surface area contributed by atoms with Crippen molar-refractivity contribution in [2.75, 3.05) is 12.3 Å². The second kappa shape index (κ2) is 5.07. The summed E-state index contributed by atoms with van der Waals surface area (Å²) in [5.74, 6) is -0.722. The highest BCUT2D eigenvalue weighted by Gasteiger charge is 2.28. The number of hydrogen-bond acceptors (Lipinski definition) is 3. The number of sulfonamides is 1. The molecule has 1 aliphatic heterocycles. The first-order chi connectivity index (χ1) is 8.49. The van der Waals surface area contributed by atoms with E-state index in [0.717, 1.165) is 5.56 Å². The van der Waals surface area contributed by atoms with Crippen LogP contribution in [0.3, 0.4) is 0 Å². The summed E-state index contributed by atoms with van der Waals surface area (Å²) in [5.41, 5.74) is 1.44.